The maximum atomic E-state index is 10.6. The fourth-order valence-electron chi connectivity index (χ4n) is 0.557. The first-order valence-corrected chi connectivity index (χ1v) is 3.53. The van der Waals surface area contributed by atoms with Gasteiger partial charge in [-0.3, -0.25) is 9.59 Å². The molecule has 0 aromatic carbocycles. The molecule has 0 spiro atoms. The molecule has 0 atom stereocenters. The number of rotatable bonds is 5. The van der Waals surface area contributed by atoms with E-state index < -0.39 is 37.7 Å². The molecule has 0 aliphatic heterocycles. The quantitative estimate of drug-likeness (QED) is 0.286. The van der Waals surface area contributed by atoms with Crippen LogP contribution in [0.4, 0.5) is 0 Å². The van der Waals surface area contributed by atoms with Crippen molar-refractivity contribution in [2.24, 2.45) is 0 Å². The molecule has 0 bridgehead atoms. The van der Waals surface area contributed by atoms with Crippen molar-refractivity contribution in [3.63, 3.8) is 0 Å². The van der Waals surface area contributed by atoms with Crippen molar-refractivity contribution in [3.8, 4) is 0 Å². The molecule has 0 saturated carbocycles. The van der Waals surface area contributed by atoms with E-state index >= 15 is 0 Å². The van der Waals surface area contributed by atoms with Crippen LogP contribution in [0.1, 0.15) is 12.8 Å². The summed E-state index contributed by atoms with van der Waals surface area (Å²) in [4.78, 5) is 21.1. The number of carbonyl (C=O) groups is 2. The lowest BCUT2D eigenvalue weighted by Gasteiger charge is -2.06. The van der Waals surface area contributed by atoms with Crippen molar-refractivity contribution in [1.29, 1.82) is 0 Å². The second-order valence-electron chi connectivity index (χ2n) is 2.13. The van der Waals surface area contributed by atoms with Crippen LogP contribution in [0, 0.1) is 0 Å². The molecule has 0 rings (SSSR count). The van der Waals surface area contributed by atoms with Crippen LogP contribution in [-0.2, 0) is 19.1 Å². The number of esters is 2. The number of ether oxygens (including phenoxy) is 2. The summed E-state index contributed by atoms with van der Waals surface area (Å²) >= 11 is 0. The lowest BCUT2D eigenvalue weighted by molar-refractivity contribution is -0.235. The highest BCUT2D eigenvalue weighted by atomic mass is 16.8. The van der Waals surface area contributed by atoms with Gasteiger partial charge in [0.05, 0.1) is 12.8 Å². The molecule has 0 fully saturated rings. The largest absolute Gasteiger partial charge is 0.411 e. The molecule has 14 heavy (non-hydrogen) atoms. The van der Waals surface area contributed by atoms with E-state index in [2.05, 4.69) is 9.47 Å². The van der Waals surface area contributed by atoms with Gasteiger partial charge < -0.3 is 29.9 Å². The van der Waals surface area contributed by atoms with Gasteiger partial charge in [-0.25, -0.2) is 0 Å². The van der Waals surface area contributed by atoms with Crippen molar-refractivity contribution in [2.75, 3.05) is 0 Å². The lowest BCUT2D eigenvalue weighted by atomic mass is 10.3. The highest BCUT2D eigenvalue weighted by molar-refractivity contribution is 5.77. The number of aliphatic hydroxyl groups is 4. The van der Waals surface area contributed by atoms with Crippen LogP contribution in [0.15, 0.2) is 0 Å². The molecule has 8 nitrogen and oxygen atoms in total. The zero-order chi connectivity index (χ0) is 11.1. The van der Waals surface area contributed by atoms with Crippen molar-refractivity contribution in [3.05, 3.63) is 0 Å². The Morgan fingerprint density at radius 3 is 1.36 bits per heavy atom. The molecule has 0 aliphatic carbocycles. The topological polar surface area (TPSA) is 134 Å². The Labute approximate surface area is 78.3 Å². The Balaban J connectivity index is 3.61. The minimum absolute atomic E-state index is 0.455. The van der Waals surface area contributed by atoms with Gasteiger partial charge in [0.15, 0.2) is 0 Å². The monoisotopic (exact) mass is 210 g/mol. The standard InChI is InChI=1S/C6H10O8/c7-3(13-5(9)10)1-2-4(8)14-6(11)12/h5-6,9-12H,1-2H2. The van der Waals surface area contributed by atoms with Crippen molar-refractivity contribution in [2.45, 2.75) is 25.8 Å². The second-order valence-corrected chi connectivity index (χ2v) is 2.13. The van der Waals surface area contributed by atoms with Crippen LogP contribution in [0.3, 0.4) is 0 Å². The molecule has 0 radical (unpaired) electrons. The second kappa shape index (κ2) is 6.27. The number of aliphatic hydroxyl groups excluding tert-OH is 2. The summed E-state index contributed by atoms with van der Waals surface area (Å²) in [5.41, 5.74) is 0. The molecular weight excluding hydrogens is 200 g/mol. The summed E-state index contributed by atoms with van der Waals surface area (Å²) < 4.78 is 7.69. The van der Waals surface area contributed by atoms with Gasteiger partial charge in [0.1, 0.15) is 0 Å². The zero-order valence-corrected chi connectivity index (χ0v) is 6.99. The first-order valence-electron chi connectivity index (χ1n) is 3.53. The first kappa shape index (κ1) is 12.8. The molecular formula is C6H10O8. The molecule has 0 saturated heterocycles. The fraction of sp³-hybridized carbons (Fsp3) is 0.667. The van der Waals surface area contributed by atoms with Crippen LogP contribution in [-0.4, -0.2) is 45.3 Å². The van der Waals surface area contributed by atoms with E-state index in [-0.39, 0.29) is 0 Å². The normalized spacial score (nSPS) is 10.4. The number of hydrogen-bond donors (Lipinski definition) is 4. The molecule has 0 amide bonds. The average molecular weight is 210 g/mol. The van der Waals surface area contributed by atoms with Gasteiger partial charge in [0.2, 0.25) is 0 Å². The van der Waals surface area contributed by atoms with Crippen molar-refractivity contribution in [1.82, 2.24) is 0 Å². The summed E-state index contributed by atoms with van der Waals surface area (Å²) in [7, 11) is 0. The van der Waals surface area contributed by atoms with E-state index in [1.54, 1.807) is 0 Å². The highest BCUT2D eigenvalue weighted by Gasteiger charge is 2.13. The van der Waals surface area contributed by atoms with Gasteiger partial charge in [-0.1, -0.05) is 0 Å². The van der Waals surface area contributed by atoms with Gasteiger partial charge in [-0.15, -0.1) is 0 Å². The van der Waals surface area contributed by atoms with E-state index in [0.717, 1.165) is 0 Å². The Morgan fingerprint density at radius 1 is 0.857 bits per heavy atom. The molecule has 0 aromatic rings. The average Bonchev–Trinajstić information content (AvgIpc) is 1.98. The molecule has 4 N–H and O–H groups in total. The molecule has 0 heterocycles. The van der Waals surface area contributed by atoms with Crippen LogP contribution in [0.25, 0.3) is 0 Å². The van der Waals surface area contributed by atoms with E-state index in [4.69, 9.17) is 20.4 Å². The Bertz CT molecular complexity index is 176. The Morgan fingerprint density at radius 2 is 1.14 bits per heavy atom. The molecule has 82 valence electrons. The number of carbonyl (C=O) groups excluding carboxylic acids is 2. The van der Waals surface area contributed by atoms with Crippen molar-refractivity contribution < 1.29 is 39.5 Å². The smallest absolute Gasteiger partial charge is 0.313 e. The molecule has 0 aliphatic rings. The van der Waals surface area contributed by atoms with Gasteiger partial charge in [0, 0.05) is 0 Å². The maximum Gasteiger partial charge on any atom is 0.313 e. The summed E-state index contributed by atoms with van der Waals surface area (Å²) in [5.74, 6) is -2.05. The van der Waals surface area contributed by atoms with Gasteiger partial charge in [-0.2, -0.15) is 0 Å². The van der Waals surface area contributed by atoms with E-state index in [0.29, 0.717) is 0 Å². The van der Waals surface area contributed by atoms with Gasteiger partial charge >= 0.3 is 24.9 Å². The SMILES string of the molecule is O=C(CCC(=O)OC(O)O)OC(O)O. The number of hydrogen-bond acceptors (Lipinski definition) is 8. The van der Waals surface area contributed by atoms with Crippen molar-refractivity contribution >= 4 is 11.9 Å². The van der Waals surface area contributed by atoms with Gasteiger partial charge in [0.25, 0.3) is 0 Å². The van der Waals surface area contributed by atoms with E-state index in [1.807, 2.05) is 0 Å². The third-order valence-electron chi connectivity index (χ3n) is 1.01. The summed E-state index contributed by atoms with van der Waals surface area (Å²) in [6.07, 6.45) is -0.910. The predicted octanol–water partition coefficient (Wildman–Crippen LogP) is -2.61. The Kier molecular flexibility index (Phi) is 5.72. The molecule has 8 heteroatoms. The van der Waals surface area contributed by atoms with Crippen LogP contribution >= 0.6 is 0 Å². The third-order valence-corrected chi connectivity index (χ3v) is 1.01. The minimum atomic E-state index is -2.23. The molecule has 0 aromatic heterocycles. The molecule has 0 unspecified atom stereocenters. The summed E-state index contributed by atoms with van der Waals surface area (Å²) in [6, 6.07) is 0. The van der Waals surface area contributed by atoms with Crippen LogP contribution < -0.4 is 0 Å². The summed E-state index contributed by atoms with van der Waals surface area (Å²) in [6.45, 7) is -4.47. The van der Waals surface area contributed by atoms with Gasteiger partial charge in [-0.05, 0) is 0 Å². The Hall–Kier alpha value is -1.22. The third kappa shape index (κ3) is 7.43. The van der Waals surface area contributed by atoms with E-state index in [9.17, 15) is 9.59 Å². The first-order chi connectivity index (χ1) is 6.41. The summed E-state index contributed by atoms with van der Waals surface area (Å²) in [5, 5.41) is 32.6. The van der Waals surface area contributed by atoms with E-state index in [1.165, 1.54) is 0 Å². The fourth-order valence-corrected chi connectivity index (χ4v) is 0.557. The minimum Gasteiger partial charge on any atom is -0.411 e. The highest BCUT2D eigenvalue weighted by Crippen LogP contribution is 1.98. The van der Waals surface area contributed by atoms with Crippen LogP contribution in [0.5, 0.6) is 0 Å². The maximum absolute atomic E-state index is 10.6. The lowest BCUT2D eigenvalue weighted by Crippen LogP contribution is -2.20. The zero-order valence-electron chi connectivity index (χ0n) is 6.99. The predicted molar refractivity (Wildman–Crippen MR) is 37.9 cm³/mol. The van der Waals surface area contributed by atoms with Crippen LogP contribution in [0.2, 0.25) is 0 Å².